The highest BCUT2D eigenvalue weighted by Gasteiger charge is 2.73. The van der Waals surface area contributed by atoms with Crippen LogP contribution in [0.15, 0.2) is 71.8 Å². The first-order chi connectivity index (χ1) is 19.7. The number of fused-ring (bicyclic) bond motifs is 3. The van der Waals surface area contributed by atoms with E-state index in [1.165, 1.54) is 11.3 Å². The minimum Gasteiger partial charge on any atom is -0.340 e. The van der Waals surface area contributed by atoms with E-state index in [9.17, 15) is 14.4 Å². The number of ketones is 1. The summed E-state index contributed by atoms with van der Waals surface area (Å²) >= 11 is 1.52. The number of para-hydroxylation sites is 1. The summed E-state index contributed by atoms with van der Waals surface area (Å²) in [5.41, 5.74) is 6.60. The normalized spacial score (nSPS) is 22.5. The molecular weight excluding hydrogens is 532 g/mol. The predicted octanol–water partition coefficient (Wildman–Crippen LogP) is 6.03. The quantitative estimate of drug-likeness (QED) is 0.293. The first-order valence-electron chi connectivity index (χ1n) is 13.8. The molecule has 0 radical (unpaired) electrons. The Balaban J connectivity index is 1.11. The highest BCUT2D eigenvalue weighted by molar-refractivity contribution is 7.12. The van der Waals surface area contributed by atoms with E-state index in [4.69, 9.17) is 0 Å². The molecular formula is C33H28N4O3S. The van der Waals surface area contributed by atoms with Crippen LogP contribution in [0.1, 0.15) is 48.7 Å². The summed E-state index contributed by atoms with van der Waals surface area (Å²) < 4.78 is 3.79. The van der Waals surface area contributed by atoms with Crippen LogP contribution in [0.25, 0.3) is 21.8 Å². The van der Waals surface area contributed by atoms with Crippen molar-refractivity contribution in [1.29, 1.82) is 0 Å². The number of rotatable bonds is 3. The second kappa shape index (κ2) is 8.07. The maximum Gasteiger partial charge on any atom is 0.274 e. The predicted molar refractivity (Wildman–Crippen MR) is 161 cm³/mol. The number of anilines is 1. The molecule has 204 valence electrons. The van der Waals surface area contributed by atoms with Gasteiger partial charge in [-0.05, 0) is 71.7 Å². The summed E-state index contributed by atoms with van der Waals surface area (Å²) in [6.45, 7) is 4.93. The largest absolute Gasteiger partial charge is 0.340 e. The molecule has 1 spiro atoms. The number of nitrogens with one attached hydrogen (secondary N) is 1. The van der Waals surface area contributed by atoms with E-state index in [1.54, 1.807) is 6.08 Å². The summed E-state index contributed by atoms with van der Waals surface area (Å²) in [6, 6.07) is 17.4. The van der Waals surface area contributed by atoms with Crippen molar-refractivity contribution in [2.24, 2.45) is 25.9 Å². The van der Waals surface area contributed by atoms with Crippen LogP contribution in [-0.4, -0.2) is 38.2 Å². The Morgan fingerprint density at radius 3 is 2.51 bits per heavy atom. The van der Waals surface area contributed by atoms with Crippen LogP contribution >= 0.6 is 11.3 Å². The number of aromatic nitrogens is 2. The number of allylic oxidation sites excluding steroid dienone is 2. The van der Waals surface area contributed by atoms with Crippen LogP contribution in [0.3, 0.4) is 0 Å². The van der Waals surface area contributed by atoms with Crippen LogP contribution in [0.4, 0.5) is 5.69 Å². The lowest BCUT2D eigenvalue weighted by molar-refractivity contribution is 0.0797. The third kappa shape index (κ3) is 3.05. The average Bonchev–Trinajstić information content (AvgIpc) is 3.45. The van der Waals surface area contributed by atoms with E-state index in [0.29, 0.717) is 35.5 Å². The molecule has 5 aromatic rings. The third-order valence-corrected chi connectivity index (χ3v) is 10.8. The lowest BCUT2D eigenvalue weighted by atomic mass is 9.82. The van der Waals surface area contributed by atoms with Gasteiger partial charge in [-0.15, -0.1) is 11.3 Å². The highest BCUT2D eigenvalue weighted by atomic mass is 32.1. The number of carbonyl (C=O) groups excluding carboxylic acids is 3. The first-order valence-corrected chi connectivity index (χ1v) is 14.7. The van der Waals surface area contributed by atoms with Crippen molar-refractivity contribution in [3.05, 3.63) is 99.1 Å². The Morgan fingerprint density at radius 2 is 1.71 bits per heavy atom. The molecule has 2 amide bonds. The zero-order valence-corrected chi connectivity index (χ0v) is 24.0. The fourth-order valence-corrected chi connectivity index (χ4v) is 8.66. The molecule has 41 heavy (non-hydrogen) atoms. The number of piperidine rings is 1. The van der Waals surface area contributed by atoms with Crippen LogP contribution in [0.2, 0.25) is 0 Å². The monoisotopic (exact) mass is 560 g/mol. The Bertz CT molecular complexity index is 2040. The van der Waals surface area contributed by atoms with Crippen molar-refractivity contribution >= 4 is 56.4 Å². The summed E-state index contributed by atoms with van der Waals surface area (Å²) in [7, 11) is 3.78. The molecule has 1 aliphatic heterocycles. The van der Waals surface area contributed by atoms with E-state index >= 15 is 0 Å². The van der Waals surface area contributed by atoms with Crippen LogP contribution in [-0.2, 0) is 19.5 Å². The van der Waals surface area contributed by atoms with Gasteiger partial charge in [-0.1, -0.05) is 25.1 Å². The van der Waals surface area contributed by atoms with Gasteiger partial charge in [0.25, 0.3) is 11.8 Å². The van der Waals surface area contributed by atoms with Crippen molar-refractivity contribution in [2.45, 2.75) is 19.3 Å². The maximum atomic E-state index is 14.1. The number of hydrogen-bond donors (Lipinski definition) is 1. The smallest absolute Gasteiger partial charge is 0.274 e. The number of aryl methyl sites for hydroxylation is 3. The standard InChI is InChI=1S/C33H28N4O3S/c1-17-16-41-30-27(38)14-28-33(29(17)30)18(2)22(33)15-37(28)32(40)26-13-20-11-21(9-10-24(20)36(26)4)34-31(39)25-12-19-7-5-6-8-23(19)35(25)3/h5-14,16,18,22H,15H2,1-4H3,(H,34,39). The fraction of sp³-hybridized carbons (Fsp3) is 0.242. The molecule has 2 aliphatic carbocycles. The minimum atomic E-state index is -0.229. The van der Waals surface area contributed by atoms with Crippen molar-refractivity contribution in [1.82, 2.24) is 14.0 Å². The van der Waals surface area contributed by atoms with Gasteiger partial charge in [0.1, 0.15) is 11.4 Å². The number of hydrogen-bond acceptors (Lipinski definition) is 4. The van der Waals surface area contributed by atoms with E-state index in [2.05, 4.69) is 24.5 Å². The van der Waals surface area contributed by atoms with Crippen LogP contribution in [0, 0.1) is 18.8 Å². The minimum absolute atomic E-state index is 0.000168. The molecule has 7 nitrogen and oxygen atoms in total. The van der Waals surface area contributed by atoms with E-state index in [-0.39, 0.29) is 23.0 Å². The summed E-state index contributed by atoms with van der Waals surface area (Å²) in [6.07, 6.45) is 1.71. The highest BCUT2D eigenvalue weighted by Crippen LogP contribution is 2.71. The topological polar surface area (TPSA) is 76.3 Å². The van der Waals surface area contributed by atoms with Gasteiger partial charge in [-0.2, -0.15) is 0 Å². The molecule has 4 heterocycles. The molecule has 3 unspecified atom stereocenters. The summed E-state index contributed by atoms with van der Waals surface area (Å²) in [5, 5.41) is 6.97. The molecule has 0 bridgehead atoms. The van der Waals surface area contributed by atoms with Gasteiger partial charge >= 0.3 is 0 Å². The van der Waals surface area contributed by atoms with Gasteiger partial charge in [0, 0.05) is 65.3 Å². The molecule has 3 aromatic heterocycles. The van der Waals surface area contributed by atoms with Gasteiger partial charge < -0.3 is 19.4 Å². The van der Waals surface area contributed by atoms with E-state index < -0.39 is 0 Å². The molecule has 1 saturated carbocycles. The number of thiophene rings is 1. The number of nitrogens with zero attached hydrogens (tertiary/aromatic N) is 3. The number of benzene rings is 2. The Morgan fingerprint density at radius 1 is 0.976 bits per heavy atom. The number of carbonyl (C=O) groups is 3. The molecule has 1 saturated heterocycles. The van der Waals surface area contributed by atoms with Gasteiger partial charge in [-0.3, -0.25) is 14.4 Å². The Hall–Kier alpha value is -4.43. The first kappa shape index (κ1) is 24.4. The Labute approximate surface area is 240 Å². The van der Waals surface area contributed by atoms with Crippen molar-refractivity contribution in [2.75, 3.05) is 11.9 Å². The molecule has 8 heteroatoms. The molecule has 3 atom stereocenters. The summed E-state index contributed by atoms with van der Waals surface area (Å²) in [4.78, 5) is 43.0. The van der Waals surface area contributed by atoms with Crippen LogP contribution < -0.4 is 5.32 Å². The second-order valence-corrected chi connectivity index (χ2v) is 12.5. The molecule has 8 rings (SSSR count). The molecule has 2 fully saturated rings. The summed E-state index contributed by atoms with van der Waals surface area (Å²) in [5.74, 6) is 0.434. The maximum absolute atomic E-state index is 14.1. The van der Waals surface area contributed by atoms with Gasteiger partial charge in [0.15, 0.2) is 5.78 Å². The van der Waals surface area contributed by atoms with Crippen LogP contribution in [0.5, 0.6) is 0 Å². The van der Waals surface area contributed by atoms with E-state index in [0.717, 1.165) is 43.5 Å². The van der Waals surface area contributed by atoms with Crippen molar-refractivity contribution in [3.63, 3.8) is 0 Å². The van der Waals surface area contributed by atoms with Gasteiger partial charge in [0.2, 0.25) is 0 Å². The van der Waals surface area contributed by atoms with E-state index in [1.807, 2.05) is 82.7 Å². The second-order valence-electron chi connectivity index (χ2n) is 11.7. The zero-order chi connectivity index (χ0) is 28.4. The molecule has 1 N–H and O–H groups in total. The van der Waals surface area contributed by atoms with Crippen molar-refractivity contribution in [3.8, 4) is 0 Å². The molecule has 2 aromatic carbocycles. The number of likely N-dealkylation sites (tertiary alicyclic amines) is 1. The van der Waals surface area contributed by atoms with Gasteiger partial charge in [-0.25, -0.2) is 0 Å². The SMILES string of the molecule is Cc1csc2c1C13C(=CC2=O)N(C(=O)c2cc4cc(NC(=O)c5cc6ccccc6n5C)ccc4n2C)CC1C3C. The molecule has 3 aliphatic rings. The lowest BCUT2D eigenvalue weighted by Gasteiger charge is -2.30. The third-order valence-electron chi connectivity index (χ3n) is 9.72. The van der Waals surface area contributed by atoms with Gasteiger partial charge in [0.05, 0.1) is 4.88 Å². The fourth-order valence-electron chi connectivity index (χ4n) is 7.63. The number of amides is 2. The average molecular weight is 561 g/mol. The Kier molecular flexibility index (Phi) is 4.80. The lowest BCUT2D eigenvalue weighted by Crippen LogP contribution is -2.35. The van der Waals surface area contributed by atoms with Crippen molar-refractivity contribution < 1.29 is 14.4 Å². The zero-order valence-electron chi connectivity index (χ0n) is 23.2.